The molecule has 3 aliphatic carbocycles. The molecular weight excluding hydrogens is 558 g/mol. The lowest BCUT2D eigenvalue weighted by Crippen LogP contribution is -2.30. The molecule has 0 amide bonds. The van der Waals surface area contributed by atoms with Gasteiger partial charge in [-0.2, -0.15) is 26.3 Å². The molecule has 0 bridgehead atoms. The summed E-state index contributed by atoms with van der Waals surface area (Å²) in [6, 6.07) is 1.65. The van der Waals surface area contributed by atoms with Crippen LogP contribution in [-0.4, -0.2) is 52.5 Å². The van der Waals surface area contributed by atoms with Crippen molar-refractivity contribution in [2.75, 3.05) is 0 Å². The number of carbonyl (C=O) groups is 6. The summed E-state index contributed by atoms with van der Waals surface area (Å²) in [5.41, 5.74) is -2.95. The van der Waals surface area contributed by atoms with Crippen molar-refractivity contribution in [3.63, 3.8) is 0 Å². The van der Waals surface area contributed by atoms with Crippen LogP contribution in [0.3, 0.4) is 0 Å². The van der Waals surface area contributed by atoms with Crippen LogP contribution in [-0.2, 0) is 0 Å². The topological polar surface area (TPSA) is 102 Å². The van der Waals surface area contributed by atoms with E-state index >= 15 is 0 Å². The minimum absolute atomic E-state index is 0.202. The Morgan fingerprint density at radius 2 is 0.778 bits per heavy atom. The monoisotopic (exact) mass is 560 g/mol. The summed E-state index contributed by atoms with van der Waals surface area (Å²) in [4.78, 5) is 70.3. The summed E-state index contributed by atoms with van der Waals surface area (Å²) < 4.78 is 83.9. The zero-order valence-electron chi connectivity index (χ0n) is 16.6. The first kappa shape index (κ1) is 23.1. The predicted molar refractivity (Wildman–Crippen MR) is 112 cm³/mol. The van der Waals surface area contributed by atoms with E-state index in [1.165, 1.54) is 0 Å². The Morgan fingerprint density at radius 3 is 1.11 bits per heavy atom. The van der Waals surface area contributed by atoms with E-state index < -0.39 is 84.5 Å². The van der Waals surface area contributed by atoms with Crippen molar-refractivity contribution in [1.82, 2.24) is 0 Å². The van der Waals surface area contributed by atoms with E-state index in [1.54, 1.807) is 0 Å². The molecule has 36 heavy (non-hydrogen) atoms. The molecule has 0 N–H and O–H groups in total. The van der Waals surface area contributed by atoms with Crippen LogP contribution in [0.1, 0.15) is 60.8 Å². The average Bonchev–Trinajstić information content (AvgIpc) is 3.60. The SMILES string of the molecule is O=C1c2cc(-c3sc(-c4cc5c(s4)C(=O)C(F)(F)C5=O)c4c3C(=O)C(F)(F)C4=O)sc2C(=O)C1(F)F. The number of carbonyl (C=O) groups excluding carboxylic acids is 6. The van der Waals surface area contributed by atoms with Crippen LogP contribution < -0.4 is 0 Å². The van der Waals surface area contributed by atoms with Gasteiger partial charge in [0, 0.05) is 20.9 Å². The van der Waals surface area contributed by atoms with E-state index in [4.69, 9.17) is 0 Å². The van der Waals surface area contributed by atoms with E-state index in [0.717, 1.165) is 12.1 Å². The Morgan fingerprint density at radius 1 is 0.444 bits per heavy atom. The fourth-order valence-corrected chi connectivity index (χ4v) is 7.90. The summed E-state index contributed by atoms with van der Waals surface area (Å²) >= 11 is 1.20. The maximum atomic E-state index is 14.4. The molecule has 0 aromatic carbocycles. The van der Waals surface area contributed by atoms with Crippen molar-refractivity contribution in [2.24, 2.45) is 0 Å². The van der Waals surface area contributed by atoms with E-state index in [2.05, 4.69) is 0 Å². The highest BCUT2D eigenvalue weighted by Crippen LogP contribution is 2.54. The van der Waals surface area contributed by atoms with Crippen molar-refractivity contribution < 1.29 is 55.1 Å². The molecule has 6 rings (SSSR count). The molecule has 182 valence electrons. The molecule has 15 heteroatoms. The first-order valence-electron chi connectivity index (χ1n) is 9.49. The molecule has 0 saturated heterocycles. The molecule has 3 heterocycles. The quantitative estimate of drug-likeness (QED) is 0.314. The molecule has 0 saturated carbocycles. The van der Waals surface area contributed by atoms with Crippen molar-refractivity contribution in [3.05, 3.63) is 44.1 Å². The lowest BCUT2D eigenvalue weighted by Gasteiger charge is -2.06. The summed E-state index contributed by atoms with van der Waals surface area (Å²) in [6.07, 6.45) is 0. The van der Waals surface area contributed by atoms with Gasteiger partial charge in [0.2, 0.25) is 23.1 Å². The molecule has 0 fully saturated rings. The molecule has 6 nitrogen and oxygen atoms in total. The third-order valence-electron chi connectivity index (χ3n) is 5.89. The number of alkyl halides is 6. The van der Waals surface area contributed by atoms with Crippen molar-refractivity contribution in [3.8, 4) is 19.5 Å². The second-order valence-corrected chi connectivity index (χ2v) is 11.0. The molecule has 3 aromatic rings. The summed E-state index contributed by atoms with van der Waals surface area (Å²) in [5, 5.41) is 0. The molecule has 0 unspecified atom stereocenters. The van der Waals surface area contributed by atoms with Crippen LogP contribution in [0.5, 0.6) is 0 Å². The van der Waals surface area contributed by atoms with Gasteiger partial charge < -0.3 is 0 Å². The van der Waals surface area contributed by atoms with E-state index in [9.17, 15) is 55.1 Å². The van der Waals surface area contributed by atoms with Crippen LogP contribution in [0.25, 0.3) is 19.5 Å². The number of ketones is 6. The minimum atomic E-state index is -4.50. The Bertz CT molecular complexity index is 1500. The normalized spacial score (nSPS) is 20.9. The van der Waals surface area contributed by atoms with Crippen LogP contribution in [0.15, 0.2) is 12.1 Å². The summed E-state index contributed by atoms with van der Waals surface area (Å²) in [6.45, 7) is 0. The maximum absolute atomic E-state index is 14.4. The number of thiophene rings is 3. The van der Waals surface area contributed by atoms with Gasteiger partial charge in [0.05, 0.1) is 30.6 Å². The highest BCUT2D eigenvalue weighted by molar-refractivity contribution is 7.28. The third-order valence-corrected chi connectivity index (χ3v) is 9.70. The largest absolute Gasteiger partial charge is 0.372 e. The van der Waals surface area contributed by atoms with E-state index in [1.807, 2.05) is 0 Å². The molecule has 3 aromatic heterocycles. The first-order chi connectivity index (χ1) is 16.6. The highest BCUT2D eigenvalue weighted by atomic mass is 32.1. The zero-order valence-corrected chi connectivity index (χ0v) is 19.0. The smallest absolute Gasteiger partial charge is 0.287 e. The van der Waals surface area contributed by atoms with E-state index in [0.29, 0.717) is 34.0 Å². The van der Waals surface area contributed by atoms with Crippen molar-refractivity contribution >= 4 is 68.7 Å². The molecule has 0 aliphatic heterocycles. The molecule has 0 spiro atoms. The standard InChI is InChI=1S/C21H2F6O6S3/c22-19(23)13(28)3-1-5(34-9(3)17(19)32)11-7-8(16(31)21(26,27)15(7)30)12(36-11)6-2-4-10(35-6)18(33)20(24,25)14(4)29/h1-2H. The Kier molecular flexibility index (Phi) is 4.19. The summed E-state index contributed by atoms with van der Waals surface area (Å²) in [5.74, 6) is -24.1. The highest BCUT2D eigenvalue weighted by Gasteiger charge is 2.60. The number of halogens is 6. The third kappa shape index (κ3) is 2.47. The Balaban J connectivity index is 1.57. The Labute approximate surface area is 205 Å². The van der Waals surface area contributed by atoms with Gasteiger partial charge in [0.1, 0.15) is 0 Å². The van der Waals surface area contributed by atoms with Crippen LogP contribution in [0, 0.1) is 0 Å². The number of Topliss-reactive ketones (excluding diaryl/α,β-unsaturated/α-hetero) is 6. The van der Waals surface area contributed by atoms with E-state index in [-0.39, 0.29) is 19.5 Å². The maximum Gasteiger partial charge on any atom is 0.372 e. The number of fused-ring (bicyclic) bond motifs is 3. The molecular formula is C21H2F6O6S3. The van der Waals surface area contributed by atoms with Gasteiger partial charge >= 0.3 is 17.8 Å². The number of hydrogen-bond donors (Lipinski definition) is 0. The summed E-state index contributed by atoms with van der Waals surface area (Å²) in [7, 11) is 0. The fraction of sp³-hybridized carbons (Fsp3) is 0.143. The Hall–Kier alpha value is -3.30. The van der Waals surface area contributed by atoms with Gasteiger partial charge in [-0.15, -0.1) is 34.0 Å². The minimum Gasteiger partial charge on any atom is -0.287 e. The van der Waals surface area contributed by atoms with Crippen molar-refractivity contribution in [2.45, 2.75) is 17.8 Å². The fourth-order valence-electron chi connectivity index (χ4n) is 4.14. The van der Waals surface area contributed by atoms with Gasteiger partial charge in [-0.3, -0.25) is 28.8 Å². The molecule has 0 radical (unpaired) electrons. The van der Waals surface area contributed by atoms with Gasteiger partial charge in [0.15, 0.2) is 0 Å². The van der Waals surface area contributed by atoms with Gasteiger partial charge in [-0.25, -0.2) is 0 Å². The molecule has 0 atom stereocenters. The second kappa shape index (κ2) is 6.52. The zero-order chi connectivity index (χ0) is 26.3. The van der Waals surface area contributed by atoms with Gasteiger partial charge in [-0.1, -0.05) is 0 Å². The predicted octanol–water partition coefficient (Wildman–Crippen LogP) is 5.25. The van der Waals surface area contributed by atoms with Gasteiger partial charge in [-0.05, 0) is 12.1 Å². The second-order valence-electron chi connectivity index (χ2n) is 7.92. The molecule has 3 aliphatic rings. The van der Waals surface area contributed by atoms with Crippen LogP contribution in [0.4, 0.5) is 26.3 Å². The van der Waals surface area contributed by atoms with Gasteiger partial charge in [0.25, 0.3) is 11.6 Å². The van der Waals surface area contributed by atoms with Crippen LogP contribution in [0.2, 0.25) is 0 Å². The lowest BCUT2D eigenvalue weighted by molar-refractivity contribution is 0.0187. The number of rotatable bonds is 2. The average molecular weight is 560 g/mol. The first-order valence-corrected chi connectivity index (χ1v) is 11.9. The number of hydrogen-bond acceptors (Lipinski definition) is 9. The van der Waals surface area contributed by atoms with Crippen molar-refractivity contribution in [1.29, 1.82) is 0 Å². The van der Waals surface area contributed by atoms with Crippen LogP contribution >= 0.6 is 34.0 Å². The lowest BCUT2D eigenvalue weighted by atomic mass is 10.1.